The van der Waals surface area contributed by atoms with Crippen LogP contribution < -0.4 is 0 Å². The third-order valence-electron chi connectivity index (χ3n) is 5.75. The highest BCUT2D eigenvalue weighted by Crippen LogP contribution is 2.36. The fraction of sp³-hybridized carbons (Fsp3) is 0.381. The molecule has 1 fully saturated rings. The molecule has 2 aromatic rings. The number of alkyl halides is 3. The Morgan fingerprint density at radius 3 is 2.29 bits per heavy atom. The van der Waals surface area contributed by atoms with Crippen molar-refractivity contribution < 1.29 is 26.4 Å². The first-order valence-electron chi connectivity index (χ1n) is 9.85. The molecule has 4 rings (SSSR count). The Bertz CT molecular complexity index is 1130. The van der Waals surface area contributed by atoms with Gasteiger partial charge in [0, 0.05) is 31.7 Å². The number of nitrogens with zero attached hydrogens (tertiary/aromatic N) is 2. The van der Waals surface area contributed by atoms with E-state index in [9.17, 15) is 26.4 Å². The summed E-state index contributed by atoms with van der Waals surface area (Å²) in [4.78, 5) is 13.9. The monoisotopic (exact) mass is 472 g/mol. The molecule has 1 heterocycles. The maximum absolute atomic E-state index is 13.1. The number of rotatable bonds is 3. The van der Waals surface area contributed by atoms with Gasteiger partial charge in [0.2, 0.25) is 10.0 Å². The van der Waals surface area contributed by atoms with E-state index in [0.717, 1.165) is 35.7 Å². The summed E-state index contributed by atoms with van der Waals surface area (Å²) < 4.78 is 66.1. The van der Waals surface area contributed by atoms with E-state index in [1.54, 1.807) is 11.0 Å². The van der Waals surface area contributed by atoms with Gasteiger partial charge >= 0.3 is 6.18 Å². The SMILES string of the molecule is O=C(c1ccc2c(c1)CCC2)N1CCN(S(=O)(=O)c2ccc(Cl)c(C(F)(F)F)c2)CC1. The van der Waals surface area contributed by atoms with Gasteiger partial charge in [-0.1, -0.05) is 17.7 Å². The summed E-state index contributed by atoms with van der Waals surface area (Å²) in [5.41, 5.74) is 1.81. The van der Waals surface area contributed by atoms with E-state index >= 15 is 0 Å². The van der Waals surface area contributed by atoms with E-state index in [2.05, 4.69) is 0 Å². The summed E-state index contributed by atoms with van der Waals surface area (Å²) in [6.45, 7) is 0.329. The van der Waals surface area contributed by atoms with Gasteiger partial charge in [0.1, 0.15) is 0 Å². The first-order valence-corrected chi connectivity index (χ1v) is 11.7. The Kier molecular flexibility index (Phi) is 5.78. The minimum Gasteiger partial charge on any atom is -0.336 e. The molecule has 1 aliphatic heterocycles. The molecule has 10 heteroatoms. The number of aryl methyl sites for hydroxylation is 2. The third-order valence-corrected chi connectivity index (χ3v) is 7.98. The normalized spacial score (nSPS) is 17.6. The standard InChI is InChI=1S/C21H20ClF3N2O3S/c22-19-7-6-17(13-18(19)21(23,24)25)31(29,30)27-10-8-26(9-11-27)20(28)16-5-4-14-2-1-3-15(14)12-16/h4-7,12-13H,1-3,8-11H2. The van der Waals surface area contributed by atoms with Crippen LogP contribution in [-0.4, -0.2) is 49.7 Å². The fourth-order valence-corrected chi connectivity index (χ4v) is 5.72. The minimum absolute atomic E-state index is 0.00297. The van der Waals surface area contributed by atoms with Gasteiger partial charge in [0.15, 0.2) is 0 Å². The van der Waals surface area contributed by atoms with Gasteiger partial charge in [-0.15, -0.1) is 0 Å². The summed E-state index contributed by atoms with van der Waals surface area (Å²) in [5.74, 6) is -0.169. The molecule has 0 radical (unpaired) electrons. The second-order valence-electron chi connectivity index (χ2n) is 7.67. The molecule has 0 aromatic heterocycles. The summed E-state index contributed by atoms with van der Waals surface area (Å²) >= 11 is 5.59. The van der Waals surface area contributed by atoms with E-state index in [-0.39, 0.29) is 32.1 Å². The molecule has 0 N–H and O–H groups in total. The number of halogens is 4. The highest BCUT2D eigenvalue weighted by Gasteiger charge is 2.36. The second-order valence-corrected chi connectivity index (χ2v) is 10.0. The van der Waals surface area contributed by atoms with Crippen LogP contribution in [0.15, 0.2) is 41.3 Å². The number of hydrogen-bond donors (Lipinski definition) is 0. The molecule has 166 valence electrons. The maximum atomic E-state index is 13.1. The zero-order valence-corrected chi connectivity index (χ0v) is 18.0. The second kappa shape index (κ2) is 8.11. The van der Waals surface area contributed by atoms with Crippen LogP contribution in [0.5, 0.6) is 0 Å². The van der Waals surface area contributed by atoms with Crippen molar-refractivity contribution in [1.29, 1.82) is 0 Å². The summed E-state index contributed by atoms with van der Waals surface area (Å²) in [6, 6.07) is 8.22. The Hall–Kier alpha value is -2.10. The van der Waals surface area contributed by atoms with Gasteiger partial charge in [0.05, 0.1) is 15.5 Å². The molecule has 31 heavy (non-hydrogen) atoms. The summed E-state index contributed by atoms with van der Waals surface area (Å²) in [7, 11) is -4.15. The lowest BCUT2D eigenvalue weighted by Crippen LogP contribution is -2.50. The zero-order chi connectivity index (χ0) is 22.4. The van der Waals surface area contributed by atoms with E-state index in [1.807, 2.05) is 12.1 Å². The van der Waals surface area contributed by atoms with Crippen molar-refractivity contribution in [2.45, 2.75) is 30.3 Å². The van der Waals surface area contributed by atoms with Crippen molar-refractivity contribution in [2.24, 2.45) is 0 Å². The van der Waals surface area contributed by atoms with E-state index in [1.165, 1.54) is 11.1 Å². The number of amides is 1. The first-order chi connectivity index (χ1) is 14.6. The molecular formula is C21H20ClF3N2O3S. The van der Waals surface area contributed by atoms with E-state index in [0.29, 0.717) is 11.6 Å². The average molecular weight is 473 g/mol. The molecule has 0 bridgehead atoms. The van der Waals surface area contributed by atoms with Crippen LogP contribution in [0, 0.1) is 0 Å². The first kappa shape index (κ1) is 22.1. The molecule has 2 aliphatic rings. The van der Waals surface area contributed by atoms with Crippen molar-refractivity contribution >= 4 is 27.5 Å². The molecule has 1 aliphatic carbocycles. The minimum atomic E-state index is -4.76. The molecule has 1 amide bonds. The average Bonchev–Trinajstić information content (AvgIpc) is 3.20. The van der Waals surface area contributed by atoms with Crippen LogP contribution in [0.2, 0.25) is 5.02 Å². The Balaban J connectivity index is 1.47. The van der Waals surface area contributed by atoms with Crippen molar-refractivity contribution in [1.82, 2.24) is 9.21 Å². The number of piperazine rings is 1. The van der Waals surface area contributed by atoms with Crippen molar-refractivity contribution in [3.8, 4) is 0 Å². The predicted octanol–water partition coefficient (Wildman–Crippen LogP) is 3.99. The van der Waals surface area contributed by atoms with Crippen LogP contribution in [0.4, 0.5) is 13.2 Å². The fourth-order valence-electron chi connectivity index (χ4n) is 4.05. The number of benzene rings is 2. The Morgan fingerprint density at radius 1 is 0.935 bits per heavy atom. The number of fused-ring (bicyclic) bond motifs is 1. The number of sulfonamides is 1. The number of hydrogen-bond acceptors (Lipinski definition) is 3. The van der Waals surface area contributed by atoms with Crippen molar-refractivity contribution in [3.63, 3.8) is 0 Å². The van der Waals surface area contributed by atoms with Gasteiger partial charge in [-0.25, -0.2) is 8.42 Å². The van der Waals surface area contributed by atoms with Gasteiger partial charge in [-0.05, 0) is 60.7 Å². The Morgan fingerprint density at radius 2 is 1.61 bits per heavy atom. The highest BCUT2D eigenvalue weighted by atomic mass is 35.5. The zero-order valence-electron chi connectivity index (χ0n) is 16.5. The van der Waals surface area contributed by atoms with Crippen LogP contribution in [0.1, 0.15) is 33.5 Å². The van der Waals surface area contributed by atoms with Crippen LogP contribution in [0.3, 0.4) is 0 Å². The number of carbonyl (C=O) groups is 1. The Labute approximate surface area is 183 Å². The topological polar surface area (TPSA) is 57.7 Å². The lowest BCUT2D eigenvalue weighted by Gasteiger charge is -2.34. The smallest absolute Gasteiger partial charge is 0.336 e. The van der Waals surface area contributed by atoms with Gasteiger partial charge in [-0.3, -0.25) is 4.79 Å². The lowest BCUT2D eigenvalue weighted by atomic mass is 10.1. The van der Waals surface area contributed by atoms with Crippen molar-refractivity contribution in [2.75, 3.05) is 26.2 Å². The maximum Gasteiger partial charge on any atom is 0.417 e. The van der Waals surface area contributed by atoms with E-state index in [4.69, 9.17) is 11.6 Å². The van der Waals surface area contributed by atoms with E-state index < -0.39 is 31.7 Å². The molecular weight excluding hydrogens is 453 g/mol. The summed E-state index contributed by atoms with van der Waals surface area (Å²) in [6.07, 6.45) is -1.72. The molecule has 0 atom stereocenters. The lowest BCUT2D eigenvalue weighted by molar-refractivity contribution is -0.137. The molecule has 0 spiro atoms. The van der Waals surface area contributed by atoms with Crippen LogP contribution >= 0.6 is 11.6 Å². The molecule has 2 aromatic carbocycles. The predicted molar refractivity (Wildman–Crippen MR) is 110 cm³/mol. The third kappa shape index (κ3) is 4.31. The summed E-state index contributed by atoms with van der Waals surface area (Å²) in [5, 5.41) is -0.559. The van der Waals surface area contributed by atoms with Crippen LogP contribution in [0.25, 0.3) is 0 Å². The molecule has 0 unspecified atom stereocenters. The van der Waals surface area contributed by atoms with Gasteiger partial charge in [0.25, 0.3) is 5.91 Å². The van der Waals surface area contributed by atoms with Crippen molar-refractivity contribution in [3.05, 3.63) is 63.7 Å². The molecule has 1 saturated heterocycles. The highest BCUT2D eigenvalue weighted by molar-refractivity contribution is 7.89. The van der Waals surface area contributed by atoms with Gasteiger partial charge < -0.3 is 4.90 Å². The van der Waals surface area contributed by atoms with Crippen LogP contribution in [-0.2, 0) is 29.0 Å². The molecule has 5 nitrogen and oxygen atoms in total. The molecule has 0 saturated carbocycles. The number of carbonyl (C=O) groups excluding carboxylic acids is 1. The van der Waals surface area contributed by atoms with Gasteiger partial charge in [-0.2, -0.15) is 17.5 Å². The largest absolute Gasteiger partial charge is 0.417 e. The quantitative estimate of drug-likeness (QED) is 0.678.